The summed E-state index contributed by atoms with van der Waals surface area (Å²) in [5.41, 5.74) is 0. The monoisotopic (exact) mass is 584 g/mol. The maximum absolute atomic E-state index is 11.9. The van der Waals surface area contributed by atoms with Gasteiger partial charge in [-0.2, -0.15) is 0 Å². The Morgan fingerprint density at radius 1 is 0.561 bits per heavy atom. The Balaban J connectivity index is 1.43. The van der Waals surface area contributed by atoms with Crippen molar-refractivity contribution in [3.63, 3.8) is 0 Å². The van der Waals surface area contributed by atoms with Crippen LogP contribution in [0.2, 0.25) is 0 Å². The fraction of sp³-hybridized carbons (Fsp3) is 0.692. The van der Waals surface area contributed by atoms with Crippen LogP contribution in [0.4, 0.5) is 0 Å². The van der Waals surface area contributed by atoms with Crippen molar-refractivity contribution in [2.24, 2.45) is 11.8 Å². The molecule has 2 heterocycles. The first-order valence-corrected chi connectivity index (χ1v) is 13.5. The molecule has 0 aromatic heterocycles. The minimum absolute atomic E-state index is 0.00252. The van der Waals surface area contributed by atoms with Gasteiger partial charge in [0.25, 0.3) is 23.6 Å². The van der Waals surface area contributed by atoms with E-state index < -0.39 is 59.3 Å². The topological polar surface area (TPSA) is 189 Å². The molecule has 4 amide bonds. The number of hydroxylamine groups is 4. The molecule has 2 aliphatic heterocycles. The maximum atomic E-state index is 11.9. The Morgan fingerprint density at radius 2 is 0.878 bits per heavy atom. The molecule has 15 nitrogen and oxygen atoms in total. The summed E-state index contributed by atoms with van der Waals surface area (Å²) in [6, 6.07) is 0. The van der Waals surface area contributed by atoms with E-state index in [0.29, 0.717) is 36.2 Å². The van der Waals surface area contributed by atoms with Crippen LogP contribution in [0, 0.1) is 11.8 Å². The average molecular weight is 585 g/mol. The van der Waals surface area contributed by atoms with Gasteiger partial charge in [-0.1, -0.05) is 13.8 Å². The van der Waals surface area contributed by atoms with E-state index in [9.17, 15) is 38.4 Å². The van der Waals surface area contributed by atoms with Crippen LogP contribution in [0.15, 0.2) is 0 Å². The molecule has 0 radical (unpaired) electrons. The Bertz CT molecular complexity index is 901. The fourth-order valence-corrected chi connectivity index (χ4v) is 3.79. The molecule has 228 valence electrons. The lowest BCUT2D eigenvalue weighted by Gasteiger charge is -2.15. The summed E-state index contributed by atoms with van der Waals surface area (Å²) < 4.78 is 15.6. The van der Waals surface area contributed by atoms with Gasteiger partial charge in [-0.3, -0.25) is 28.8 Å². The maximum Gasteiger partial charge on any atom is 0.333 e. The smallest absolute Gasteiger partial charge is 0.333 e. The van der Waals surface area contributed by atoms with Crippen LogP contribution in [0.5, 0.6) is 0 Å². The summed E-state index contributed by atoms with van der Waals surface area (Å²) >= 11 is 0. The van der Waals surface area contributed by atoms with Gasteiger partial charge in [0.15, 0.2) is 0 Å². The molecule has 2 rings (SSSR count). The summed E-state index contributed by atoms with van der Waals surface area (Å²) in [5, 5.41) is 0.929. The van der Waals surface area contributed by atoms with Crippen LogP contribution in [0.1, 0.15) is 78.1 Å². The number of hydrogen-bond acceptors (Lipinski definition) is 13. The number of esters is 2. The van der Waals surface area contributed by atoms with Crippen molar-refractivity contribution in [3.8, 4) is 0 Å². The van der Waals surface area contributed by atoms with Gasteiger partial charge in [-0.25, -0.2) is 9.59 Å². The van der Waals surface area contributed by atoms with Crippen molar-refractivity contribution in [2.75, 3.05) is 26.4 Å². The third-order valence-electron chi connectivity index (χ3n) is 5.85. The number of carbonyl (C=O) groups is 8. The molecule has 0 aromatic carbocycles. The molecule has 2 unspecified atom stereocenters. The number of imide groups is 2. The predicted molar refractivity (Wildman–Crippen MR) is 133 cm³/mol. The molecular formula is C26H36N2O13. The van der Waals surface area contributed by atoms with Crippen LogP contribution in [0.3, 0.4) is 0 Å². The van der Waals surface area contributed by atoms with E-state index in [2.05, 4.69) is 0 Å². The molecule has 2 atom stereocenters. The minimum atomic E-state index is -0.780. The zero-order valence-corrected chi connectivity index (χ0v) is 23.3. The standard InChI is InChI=1S/C26H36N2O13/c1-17(15-25(35)40-27-19(29)5-6-20(27)30)13-23(33)38-11-3-9-37-10-4-12-39-24(34)14-18(2)16-26(36)41-28-21(31)7-8-22(28)32/h17-18H,3-16H2,1-2H3. The summed E-state index contributed by atoms with van der Waals surface area (Å²) in [6.07, 6.45) is 0.479. The highest BCUT2D eigenvalue weighted by Crippen LogP contribution is 2.17. The molecule has 0 saturated carbocycles. The molecule has 0 N–H and O–H groups in total. The van der Waals surface area contributed by atoms with Gasteiger partial charge in [-0.15, -0.1) is 10.1 Å². The zero-order valence-electron chi connectivity index (χ0n) is 23.3. The summed E-state index contributed by atoms with van der Waals surface area (Å²) in [6.45, 7) is 4.12. The zero-order chi connectivity index (χ0) is 30.4. The predicted octanol–water partition coefficient (Wildman–Crippen LogP) is 0.917. The van der Waals surface area contributed by atoms with Crippen LogP contribution < -0.4 is 0 Å². The molecule has 2 fully saturated rings. The van der Waals surface area contributed by atoms with Gasteiger partial charge in [0, 0.05) is 64.6 Å². The molecule has 41 heavy (non-hydrogen) atoms. The minimum Gasteiger partial charge on any atom is -0.466 e. The summed E-state index contributed by atoms with van der Waals surface area (Å²) in [4.78, 5) is 103. The molecule has 2 saturated heterocycles. The fourth-order valence-electron chi connectivity index (χ4n) is 3.79. The Hall–Kier alpha value is -3.88. The Morgan fingerprint density at radius 3 is 1.22 bits per heavy atom. The Kier molecular flexibility index (Phi) is 13.9. The van der Waals surface area contributed by atoms with E-state index in [4.69, 9.17) is 23.9 Å². The molecule has 0 aliphatic carbocycles. The van der Waals surface area contributed by atoms with E-state index in [0.717, 1.165) is 0 Å². The number of ether oxygens (including phenoxy) is 3. The molecule has 0 aromatic rings. The van der Waals surface area contributed by atoms with E-state index in [1.807, 2.05) is 0 Å². The molecule has 0 spiro atoms. The number of hydrogen-bond donors (Lipinski definition) is 0. The van der Waals surface area contributed by atoms with Gasteiger partial charge in [0.05, 0.1) is 26.1 Å². The van der Waals surface area contributed by atoms with Crippen molar-refractivity contribution >= 4 is 47.5 Å². The van der Waals surface area contributed by atoms with E-state index in [1.165, 1.54) is 0 Å². The van der Waals surface area contributed by atoms with Crippen LogP contribution in [-0.4, -0.2) is 84.1 Å². The lowest BCUT2D eigenvalue weighted by Crippen LogP contribution is -2.32. The molecule has 0 bridgehead atoms. The normalized spacial score (nSPS) is 16.5. The third-order valence-corrected chi connectivity index (χ3v) is 5.85. The SMILES string of the molecule is CC(CC(=O)OCCCOCCCOC(=O)CC(C)CC(=O)ON1C(=O)CCC1=O)CC(=O)ON1C(=O)CCC1=O. The number of amides is 4. The van der Waals surface area contributed by atoms with Gasteiger partial charge in [0.2, 0.25) is 0 Å². The van der Waals surface area contributed by atoms with Gasteiger partial charge in [-0.05, 0) is 11.8 Å². The van der Waals surface area contributed by atoms with Gasteiger partial charge >= 0.3 is 23.9 Å². The second-order valence-electron chi connectivity index (χ2n) is 9.88. The highest BCUT2D eigenvalue weighted by atomic mass is 16.7. The number of nitrogens with zero attached hydrogens (tertiary/aromatic N) is 2. The quantitative estimate of drug-likeness (QED) is 0.126. The first kappa shape index (κ1) is 33.3. The van der Waals surface area contributed by atoms with E-state index in [-0.39, 0.29) is 64.6 Å². The van der Waals surface area contributed by atoms with Crippen molar-refractivity contribution < 1.29 is 62.2 Å². The van der Waals surface area contributed by atoms with Crippen LogP contribution in [-0.2, 0) is 62.2 Å². The summed E-state index contributed by atoms with van der Waals surface area (Å²) in [5.74, 6) is -5.68. The first-order valence-electron chi connectivity index (χ1n) is 13.5. The number of rotatable bonds is 18. The van der Waals surface area contributed by atoms with Gasteiger partial charge < -0.3 is 23.9 Å². The van der Waals surface area contributed by atoms with Crippen molar-refractivity contribution in [1.82, 2.24) is 10.1 Å². The second-order valence-corrected chi connectivity index (χ2v) is 9.88. The largest absolute Gasteiger partial charge is 0.466 e. The lowest BCUT2D eigenvalue weighted by molar-refractivity contribution is -0.198. The molecule has 15 heteroatoms. The first-order chi connectivity index (χ1) is 19.5. The highest BCUT2D eigenvalue weighted by Gasteiger charge is 2.34. The lowest BCUT2D eigenvalue weighted by atomic mass is 10.0. The van der Waals surface area contributed by atoms with Crippen molar-refractivity contribution in [3.05, 3.63) is 0 Å². The molecular weight excluding hydrogens is 548 g/mol. The van der Waals surface area contributed by atoms with Gasteiger partial charge in [0.1, 0.15) is 0 Å². The van der Waals surface area contributed by atoms with Crippen LogP contribution >= 0.6 is 0 Å². The second kappa shape index (κ2) is 17.0. The van der Waals surface area contributed by atoms with Crippen LogP contribution in [0.25, 0.3) is 0 Å². The van der Waals surface area contributed by atoms with E-state index >= 15 is 0 Å². The van der Waals surface area contributed by atoms with Crippen molar-refractivity contribution in [1.29, 1.82) is 0 Å². The van der Waals surface area contributed by atoms with Crippen molar-refractivity contribution in [2.45, 2.75) is 78.1 Å². The highest BCUT2D eigenvalue weighted by molar-refractivity contribution is 6.02. The third kappa shape index (κ3) is 12.4. The average Bonchev–Trinajstić information content (AvgIpc) is 3.37. The van der Waals surface area contributed by atoms with E-state index in [1.54, 1.807) is 13.8 Å². The Labute approximate surface area is 236 Å². The molecule has 2 aliphatic rings. The number of carbonyl (C=O) groups excluding carboxylic acids is 8. The summed E-state index contributed by atoms with van der Waals surface area (Å²) in [7, 11) is 0.